The summed E-state index contributed by atoms with van der Waals surface area (Å²) in [6.07, 6.45) is 3.11. The number of rotatable bonds is 5. The van der Waals surface area contributed by atoms with E-state index in [1.807, 2.05) is 43.3 Å². The zero-order chi connectivity index (χ0) is 16.8. The predicted octanol–water partition coefficient (Wildman–Crippen LogP) is 2.74. The molecule has 5 nitrogen and oxygen atoms in total. The van der Waals surface area contributed by atoms with Crippen molar-refractivity contribution >= 4 is 5.91 Å². The third-order valence-corrected chi connectivity index (χ3v) is 4.12. The second kappa shape index (κ2) is 7.81. The van der Waals surface area contributed by atoms with Crippen molar-refractivity contribution in [1.82, 2.24) is 10.3 Å². The minimum Gasteiger partial charge on any atom is -0.493 e. The Bertz CT molecular complexity index is 703. The van der Waals surface area contributed by atoms with Gasteiger partial charge in [0.05, 0.1) is 13.2 Å². The van der Waals surface area contributed by atoms with Crippen molar-refractivity contribution in [2.75, 3.05) is 13.2 Å². The van der Waals surface area contributed by atoms with E-state index in [0.29, 0.717) is 38.5 Å². The van der Waals surface area contributed by atoms with Gasteiger partial charge in [0, 0.05) is 24.2 Å². The van der Waals surface area contributed by atoms with Crippen LogP contribution in [0.1, 0.15) is 24.5 Å². The third-order valence-electron chi connectivity index (χ3n) is 4.12. The number of pyridine rings is 1. The molecule has 126 valence electrons. The molecule has 0 saturated carbocycles. The van der Waals surface area contributed by atoms with Gasteiger partial charge in [-0.15, -0.1) is 0 Å². The summed E-state index contributed by atoms with van der Waals surface area (Å²) in [5, 5.41) is 3.01. The van der Waals surface area contributed by atoms with E-state index in [1.165, 1.54) is 0 Å². The molecule has 0 fully saturated rings. The highest BCUT2D eigenvalue weighted by Crippen LogP contribution is 2.26. The Balaban J connectivity index is 1.63. The lowest BCUT2D eigenvalue weighted by Gasteiger charge is -2.15. The van der Waals surface area contributed by atoms with Crippen molar-refractivity contribution in [3.8, 4) is 11.6 Å². The van der Waals surface area contributed by atoms with Gasteiger partial charge < -0.3 is 14.8 Å². The quantitative estimate of drug-likeness (QED) is 0.918. The first kappa shape index (κ1) is 16.3. The molecule has 1 atom stereocenters. The number of para-hydroxylation sites is 1. The number of ether oxygens (including phenoxy) is 2. The van der Waals surface area contributed by atoms with Crippen LogP contribution in [0.2, 0.25) is 0 Å². The fourth-order valence-electron chi connectivity index (χ4n) is 2.87. The fraction of sp³-hybridized carbons (Fsp3) is 0.368. The average molecular weight is 326 g/mol. The van der Waals surface area contributed by atoms with Crippen molar-refractivity contribution in [3.63, 3.8) is 0 Å². The van der Waals surface area contributed by atoms with E-state index in [2.05, 4.69) is 10.3 Å². The lowest BCUT2D eigenvalue weighted by Crippen LogP contribution is -2.32. The second-order valence-corrected chi connectivity index (χ2v) is 5.76. The van der Waals surface area contributed by atoms with Gasteiger partial charge in [-0.05, 0) is 37.5 Å². The van der Waals surface area contributed by atoms with Crippen LogP contribution < -0.4 is 14.8 Å². The summed E-state index contributed by atoms with van der Waals surface area (Å²) in [4.78, 5) is 16.8. The molecule has 1 aromatic carbocycles. The molecule has 24 heavy (non-hydrogen) atoms. The number of fused-ring (bicyclic) bond motifs is 1. The lowest BCUT2D eigenvalue weighted by atomic mass is 9.96. The predicted molar refractivity (Wildman–Crippen MR) is 91.0 cm³/mol. The molecule has 1 amide bonds. The normalized spacial score (nSPS) is 16.5. The minimum absolute atomic E-state index is 0.0432. The van der Waals surface area contributed by atoms with Crippen LogP contribution in [0.5, 0.6) is 11.6 Å². The summed E-state index contributed by atoms with van der Waals surface area (Å²) < 4.78 is 11.2. The first-order chi connectivity index (χ1) is 11.8. The van der Waals surface area contributed by atoms with Gasteiger partial charge in [0.25, 0.3) is 0 Å². The van der Waals surface area contributed by atoms with Gasteiger partial charge in [0.2, 0.25) is 11.8 Å². The Morgan fingerprint density at radius 1 is 1.33 bits per heavy atom. The summed E-state index contributed by atoms with van der Waals surface area (Å²) in [6.45, 7) is 3.45. The number of benzene rings is 1. The largest absolute Gasteiger partial charge is 0.493 e. The molecule has 0 aliphatic carbocycles. The van der Waals surface area contributed by atoms with Gasteiger partial charge in [-0.3, -0.25) is 4.79 Å². The van der Waals surface area contributed by atoms with Crippen LogP contribution in [-0.4, -0.2) is 24.1 Å². The maximum atomic E-state index is 12.6. The fourth-order valence-corrected chi connectivity index (χ4v) is 2.87. The van der Waals surface area contributed by atoms with Gasteiger partial charge in [-0.2, -0.15) is 0 Å². The van der Waals surface area contributed by atoms with Crippen LogP contribution in [0.15, 0.2) is 42.6 Å². The van der Waals surface area contributed by atoms with Crippen LogP contribution in [-0.2, 0) is 17.8 Å². The lowest BCUT2D eigenvalue weighted by molar-refractivity contribution is -0.125. The van der Waals surface area contributed by atoms with Crippen LogP contribution >= 0.6 is 0 Å². The molecule has 2 heterocycles. The molecule has 5 heteroatoms. The molecule has 3 rings (SSSR count). The van der Waals surface area contributed by atoms with Crippen molar-refractivity contribution in [2.24, 2.45) is 5.92 Å². The van der Waals surface area contributed by atoms with Crippen LogP contribution in [0.4, 0.5) is 0 Å². The van der Waals surface area contributed by atoms with Crippen molar-refractivity contribution in [3.05, 3.63) is 53.7 Å². The number of carbonyl (C=O) groups is 1. The number of hydrogen-bond acceptors (Lipinski definition) is 4. The van der Waals surface area contributed by atoms with Crippen LogP contribution in [0, 0.1) is 5.92 Å². The third kappa shape index (κ3) is 3.85. The Hall–Kier alpha value is -2.56. The molecule has 1 aromatic heterocycles. The van der Waals surface area contributed by atoms with Gasteiger partial charge in [-0.25, -0.2) is 4.98 Å². The number of nitrogens with one attached hydrogen (secondary N) is 1. The molecular formula is C19H22N2O3. The van der Waals surface area contributed by atoms with E-state index < -0.39 is 0 Å². The smallest absolute Gasteiger partial charge is 0.223 e. The Kier molecular flexibility index (Phi) is 5.31. The van der Waals surface area contributed by atoms with Gasteiger partial charge >= 0.3 is 0 Å². The summed E-state index contributed by atoms with van der Waals surface area (Å²) in [5.74, 6) is 1.43. The maximum absolute atomic E-state index is 12.6. The molecule has 2 aromatic rings. The van der Waals surface area contributed by atoms with E-state index >= 15 is 0 Å². The number of nitrogens with zero attached hydrogens (tertiary/aromatic N) is 1. The molecule has 0 radical (unpaired) electrons. The monoisotopic (exact) mass is 326 g/mol. The number of carbonyl (C=O) groups excluding carboxylic acids is 1. The van der Waals surface area contributed by atoms with Gasteiger partial charge in [0.1, 0.15) is 5.75 Å². The van der Waals surface area contributed by atoms with Crippen molar-refractivity contribution in [1.29, 1.82) is 0 Å². The summed E-state index contributed by atoms with van der Waals surface area (Å²) in [5.41, 5.74) is 1.98. The first-order valence-corrected chi connectivity index (χ1v) is 8.33. The maximum Gasteiger partial charge on any atom is 0.223 e. The van der Waals surface area contributed by atoms with Gasteiger partial charge in [0.15, 0.2) is 0 Å². The zero-order valence-electron chi connectivity index (χ0n) is 13.8. The summed E-state index contributed by atoms with van der Waals surface area (Å²) in [7, 11) is 0. The Morgan fingerprint density at radius 2 is 2.21 bits per heavy atom. The number of hydrogen-bond donors (Lipinski definition) is 1. The highest BCUT2D eigenvalue weighted by Gasteiger charge is 2.23. The van der Waals surface area contributed by atoms with Crippen molar-refractivity contribution < 1.29 is 14.3 Å². The highest BCUT2D eigenvalue weighted by molar-refractivity contribution is 5.79. The van der Waals surface area contributed by atoms with E-state index in [9.17, 15) is 4.79 Å². The molecular weight excluding hydrogens is 304 g/mol. The summed E-state index contributed by atoms with van der Waals surface area (Å²) >= 11 is 0. The van der Waals surface area contributed by atoms with E-state index in [1.54, 1.807) is 6.20 Å². The van der Waals surface area contributed by atoms with Crippen LogP contribution in [0.25, 0.3) is 0 Å². The van der Waals surface area contributed by atoms with E-state index in [4.69, 9.17) is 9.47 Å². The Labute approximate surface area is 142 Å². The van der Waals surface area contributed by atoms with E-state index in [-0.39, 0.29) is 11.8 Å². The van der Waals surface area contributed by atoms with Crippen molar-refractivity contribution in [2.45, 2.75) is 26.3 Å². The van der Waals surface area contributed by atoms with Crippen LogP contribution in [0.3, 0.4) is 0 Å². The molecule has 0 saturated heterocycles. The summed E-state index contributed by atoms with van der Waals surface area (Å²) in [6, 6.07) is 11.7. The molecule has 0 unspecified atom stereocenters. The molecule has 1 aliphatic heterocycles. The van der Waals surface area contributed by atoms with E-state index in [0.717, 1.165) is 16.9 Å². The molecule has 1 aliphatic rings. The number of aromatic nitrogens is 1. The minimum atomic E-state index is -0.0825. The number of amides is 1. The molecule has 0 bridgehead atoms. The molecule has 0 spiro atoms. The standard InChI is InChI=1S/C19H22N2O3/c1-2-23-19-16(7-5-10-20-19)13-21-18(22)15-9-11-24-17-8-4-3-6-14(17)12-15/h3-8,10,15H,2,9,11-13H2,1H3,(H,21,22)/t15-/m1/s1. The SMILES string of the molecule is CCOc1ncccc1CNC(=O)[C@@H]1CCOc2ccccc2C1. The Morgan fingerprint density at radius 3 is 3.08 bits per heavy atom. The topological polar surface area (TPSA) is 60.5 Å². The average Bonchev–Trinajstić information content (AvgIpc) is 2.83. The molecule has 1 N–H and O–H groups in total. The highest BCUT2D eigenvalue weighted by atomic mass is 16.5. The second-order valence-electron chi connectivity index (χ2n) is 5.76. The zero-order valence-corrected chi connectivity index (χ0v) is 13.8. The first-order valence-electron chi connectivity index (χ1n) is 8.33. The van der Waals surface area contributed by atoms with Gasteiger partial charge in [-0.1, -0.05) is 24.3 Å².